The molecule has 1 nitrogen and oxygen atoms in total. The standard InChI is InChI=1S/C13H11ClF2O/c1-8-2-5-13(17-8)11(14)6-9-3-4-10(15)7-12(9)16/h2-5,7,11H,6H2,1H3. The third-order valence-electron chi connectivity index (χ3n) is 2.48. The van der Waals surface area contributed by atoms with Crippen LogP contribution in [0, 0.1) is 18.6 Å². The summed E-state index contributed by atoms with van der Waals surface area (Å²) in [6.07, 6.45) is 0.265. The minimum absolute atomic E-state index is 0.265. The summed E-state index contributed by atoms with van der Waals surface area (Å²) >= 11 is 6.11. The van der Waals surface area contributed by atoms with Crippen LogP contribution in [-0.2, 0) is 6.42 Å². The second kappa shape index (κ2) is 4.88. The van der Waals surface area contributed by atoms with E-state index in [1.807, 2.05) is 6.92 Å². The normalized spacial score (nSPS) is 12.7. The van der Waals surface area contributed by atoms with Gasteiger partial charge in [-0.1, -0.05) is 6.07 Å². The van der Waals surface area contributed by atoms with E-state index >= 15 is 0 Å². The summed E-state index contributed by atoms with van der Waals surface area (Å²) in [7, 11) is 0. The van der Waals surface area contributed by atoms with Crippen molar-refractivity contribution in [2.45, 2.75) is 18.7 Å². The Kier molecular flexibility index (Phi) is 3.48. The van der Waals surface area contributed by atoms with Crippen molar-refractivity contribution >= 4 is 11.6 Å². The molecule has 0 N–H and O–H groups in total. The molecule has 0 fully saturated rings. The number of hydrogen-bond donors (Lipinski definition) is 0. The van der Waals surface area contributed by atoms with Crippen molar-refractivity contribution in [3.63, 3.8) is 0 Å². The van der Waals surface area contributed by atoms with Gasteiger partial charge in [0.15, 0.2) is 0 Å². The molecule has 90 valence electrons. The van der Waals surface area contributed by atoms with Gasteiger partial charge in [-0.05, 0) is 37.1 Å². The molecule has 4 heteroatoms. The molecular weight excluding hydrogens is 246 g/mol. The lowest BCUT2D eigenvalue weighted by Gasteiger charge is -2.07. The first-order valence-corrected chi connectivity index (χ1v) is 5.64. The Bertz CT molecular complexity index is 522. The predicted octanol–water partition coefficient (Wildman–Crippen LogP) is 4.39. The maximum Gasteiger partial charge on any atom is 0.129 e. The third-order valence-corrected chi connectivity index (χ3v) is 2.85. The molecule has 2 rings (SSSR count). The van der Waals surface area contributed by atoms with E-state index in [-0.39, 0.29) is 6.42 Å². The van der Waals surface area contributed by atoms with E-state index in [9.17, 15) is 8.78 Å². The van der Waals surface area contributed by atoms with Crippen LogP contribution in [0.15, 0.2) is 34.7 Å². The van der Waals surface area contributed by atoms with E-state index in [4.69, 9.17) is 16.0 Å². The van der Waals surface area contributed by atoms with Crippen molar-refractivity contribution in [1.82, 2.24) is 0 Å². The number of furan rings is 1. The first-order chi connectivity index (χ1) is 8.06. The molecular formula is C13H11ClF2O. The lowest BCUT2D eigenvalue weighted by atomic mass is 10.1. The van der Waals surface area contributed by atoms with Gasteiger partial charge in [-0.2, -0.15) is 0 Å². The third kappa shape index (κ3) is 2.86. The number of hydrogen-bond acceptors (Lipinski definition) is 1. The predicted molar refractivity (Wildman–Crippen MR) is 62.1 cm³/mol. The lowest BCUT2D eigenvalue weighted by molar-refractivity contribution is 0.474. The van der Waals surface area contributed by atoms with Gasteiger partial charge in [0.25, 0.3) is 0 Å². The molecule has 0 saturated carbocycles. The van der Waals surface area contributed by atoms with Crippen molar-refractivity contribution in [3.05, 3.63) is 59.1 Å². The van der Waals surface area contributed by atoms with E-state index in [0.29, 0.717) is 11.3 Å². The van der Waals surface area contributed by atoms with E-state index in [2.05, 4.69) is 0 Å². The van der Waals surface area contributed by atoms with Gasteiger partial charge in [0.05, 0.1) is 5.38 Å². The van der Waals surface area contributed by atoms with Crippen molar-refractivity contribution in [2.24, 2.45) is 0 Å². The molecule has 0 spiro atoms. The molecule has 1 heterocycles. The molecule has 0 saturated heterocycles. The summed E-state index contributed by atoms with van der Waals surface area (Å²) < 4.78 is 31.5. The largest absolute Gasteiger partial charge is 0.465 e. The minimum atomic E-state index is -0.591. The van der Waals surface area contributed by atoms with Gasteiger partial charge in [-0.3, -0.25) is 0 Å². The maximum atomic E-state index is 13.4. The van der Waals surface area contributed by atoms with Gasteiger partial charge in [0, 0.05) is 6.07 Å². The molecule has 0 aliphatic rings. The summed E-state index contributed by atoms with van der Waals surface area (Å²) in [4.78, 5) is 0. The summed E-state index contributed by atoms with van der Waals surface area (Å²) in [6.45, 7) is 1.81. The average Bonchev–Trinajstić information content (AvgIpc) is 2.69. The molecule has 1 unspecified atom stereocenters. The van der Waals surface area contributed by atoms with Crippen LogP contribution in [0.3, 0.4) is 0 Å². The zero-order chi connectivity index (χ0) is 12.4. The highest BCUT2D eigenvalue weighted by molar-refractivity contribution is 6.20. The molecule has 0 radical (unpaired) electrons. The molecule has 0 amide bonds. The summed E-state index contributed by atoms with van der Waals surface area (Å²) in [5, 5.41) is -0.455. The summed E-state index contributed by atoms with van der Waals surface area (Å²) in [5.41, 5.74) is 0.375. The topological polar surface area (TPSA) is 13.1 Å². The van der Waals surface area contributed by atoms with Gasteiger partial charge in [-0.25, -0.2) is 8.78 Å². The van der Waals surface area contributed by atoms with Gasteiger partial charge in [-0.15, -0.1) is 11.6 Å². The van der Waals surface area contributed by atoms with Crippen LogP contribution < -0.4 is 0 Å². The highest BCUT2D eigenvalue weighted by Gasteiger charge is 2.15. The first-order valence-electron chi connectivity index (χ1n) is 5.20. The van der Waals surface area contributed by atoms with Crippen LogP contribution in [0.5, 0.6) is 0 Å². The van der Waals surface area contributed by atoms with Crippen molar-refractivity contribution in [3.8, 4) is 0 Å². The Hall–Kier alpha value is -1.35. The second-order valence-electron chi connectivity index (χ2n) is 3.86. The molecule has 0 aliphatic carbocycles. The molecule has 1 atom stereocenters. The summed E-state index contributed by atoms with van der Waals surface area (Å²) in [5.74, 6) is 0.170. The van der Waals surface area contributed by atoms with Crippen LogP contribution in [0.25, 0.3) is 0 Å². The number of rotatable bonds is 3. The minimum Gasteiger partial charge on any atom is -0.465 e. The Morgan fingerprint density at radius 1 is 1.24 bits per heavy atom. The van der Waals surface area contributed by atoms with Crippen LogP contribution in [0.1, 0.15) is 22.5 Å². The number of benzene rings is 1. The van der Waals surface area contributed by atoms with Crippen molar-refractivity contribution in [2.75, 3.05) is 0 Å². The van der Waals surface area contributed by atoms with Crippen LogP contribution in [0.2, 0.25) is 0 Å². The van der Waals surface area contributed by atoms with Crippen molar-refractivity contribution < 1.29 is 13.2 Å². The monoisotopic (exact) mass is 256 g/mol. The fraction of sp³-hybridized carbons (Fsp3) is 0.231. The Morgan fingerprint density at radius 2 is 2.00 bits per heavy atom. The smallest absolute Gasteiger partial charge is 0.129 e. The molecule has 17 heavy (non-hydrogen) atoms. The SMILES string of the molecule is Cc1ccc(C(Cl)Cc2ccc(F)cc2F)o1. The van der Waals surface area contributed by atoms with E-state index < -0.39 is 17.0 Å². The fourth-order valence-electron chi connectivity index (χ4n) is 1.60. The molecule has 0 bridgehead atoms. The molecule has 2 aromatic rings. The zero-order valence-electron chi connectivity index (χ0n) is 9.21. The first kappa shape index (κ1) is 12.1. The number of alkyl halides is 1. The van der Waals surface area contributed by atoms with Crippen LogP contribution >= 0.6 is 11.6 Å². The number of aryl methyl sites for hydroxylation is 1. The van der Waals surface area contributed by atoms with E-state index in [0.717, 1.165) is 11.8 Å². The Morgan fingerprint density at radius 3 is 2.59 bits per heavy atom. The Labute approximate surface area is 103 Å². The van der Waals surface area contributed by atoms with E-state index in [1.165, 1.54) is 12.1 Å². The average molecular weight is 257 g/mol. The van der Waals surface area contributed by atoms with Gasteiger partial charge < -0.3 is 4.42 Å². The molecule has 1 aromatic carbocycles. The van der Waals surface area contributed by atoms with Gasteiger partial charge in [0.1, 0.15) is 23.2 Å². The maximum absolute atomic E-state index is 13.4. The highest BCUT2D eigenvalue weighted by atomic mass is 35.5. The van der Waals surface area contributed by atoms with Crippen LogP contribution in [0.4, 0.5) is 8.78 Å². The lowest BCUT2D eigenvalue weighted by Crippen LogP contribution is -1.98. The van der Waals surface area contributed by atoms with E-state index in [1.54, 1.807) is 12.1 Å². The number of halogens is 3. The quantitative estimate of drug-likeness (QED) is 0.743. The Balaban J connectivity index is 2.15. The van der Waals surface area contributed by atoms with Crippen LogP contribution in [-0.4, -0.2) is 0 Å². The zero-order valence-corrected chi connectivity index (χ0v) is 9.97. The highest BCUT2D eigenvalue weighted by Crippen LogP contribution is 2.27. The summed E-state index contributed by atoms with van der Waals surface area (Å²) in [6, 6.07) is 7.03. The van der Waals surface area contributed by atoms with Gasteiger partial charge in [0.2, 0.25) is 0 Å². The molecule has 1 aromatic heterocycles. The van der Waals surface area contributed by atoms with Gasteiger partial charge >= 0.3 is 0 Å². The molecule has 0 aliphatic heterocycles. The second-order valence-corrected chi connectivity index (χ2v) is 4.38. The van der Waals surface area contributed by atoms with Crippen molar-refractivity contribution in [1.29, 1.82) is 0 Å². The fourth-order valence-corrected chi connectivity index (χ4v) is 1.89.